The Hall–Kier alpha value is -1.10. The first kappa shape index (κ1) is 13.9. The molecule has 0 saturated carbocycles. The molecule has 0 aliphatic heterocycles. The van der Waals surface area contributed by atoms with Crippen LogP contribution in [0.15, 0.2) is 0 Å². The first-order chi connectivity index (χ1) is 7.11. The fourth-order valence-corrected chi connectivity index (χ4v) is 1.10. The second-order valence-corrected chi connectivity index (χ2v) is 3.35. The normalized spacial score (nSPS) is 11.9. The van der Waals surface area contributed by atoms with Crippen LogP contribution in [0.3, 0.4) is 0 Å². The molecule has 88 valence electrons. The molecule has 0 saturated heterocycles. The third kappa shape index (κ3) is 6.90. The number of nitrogens with two attached hydrogens (primary N) is 1. The minimum absolute atomic E-state index is 0.0559. The first-order valence-electron chi connectivity index (χ1n) is 5.25. The third-order valence-electron chi connectivity index (χ3n) is 2.00. The number of ether oxygens (including phenoxy) is 1. The zero-order valence-corrected chi connectivity index (χ0v) is 9.41. The highest BCUT2D eigenvalue weighted by molar-refractivity contribution is 5.83. The Bertz CT molecular complexity index is 207. The van der Waals surface area contributed by atoms with Gasteiger partial charge in [-0.15, -0.1) is 0 Å². The Morgan fingerprint density at radius 1 is 1.47 bits per heavy atom. The van der Waals surface area contributed by atoms with Crippen LogP contribution in [-0.4, -0.2) is 31.6 Å². The van der Waals surface area contributed by atoms with Crippen molar-refractivity contribution in [2.75, 3.05) is 19.7 Å². The van der Waals surface area contributed by atoms with E-state index < -0.39 is 5.97 Å². The number of nitrogens with one attached hydrogen (secondary N) is 1. The van der Waals surface area contributed by atoms with E-state index in [1.54, 1.807) is 6.92 Å². The lowest BCUT2D eigenvalue weighted by Crippen LogP contribution is -2.34. The van der Waals surface area contributed by atoms with Gasteiger partial charge < -0.3 is 15.8 Å². The van der Waals surface area contributed by atoms with E-state index in [-0.39, 0.29) is 18.4 Å². The Kier molecular flexibility index (Phi) is 7.62. The average Bonchev–Trinajstić information content (AvgIpc) is 2.22. The zero-order valence-electron chi connectivity index (χ0n) is 9.41. The highest BCUT2D eigenvalue weighted by Crippen LogP contribution is 2.03. The van der Waals surface area contributed by atoms with Gasteiger partial charge in [0, 0.05) is 5.92 Å². The highest BCUT2D eigenvalue weighted by Gasteiger charge is 2.13. The lowest BCUT2D eigenvalue weighted by molar-refractivity contribution is -0.143. The molecule has 0 aromatic rings. The Balaban J connectivity index is 3.68. The van der Waals surface area contributed by atoms with Gasteiger partial charge in [-0.1, -0.05) is 6.92 Å². The van der Waals surface area contributed by atoms with E-state index >= 15 is 0 Å². The van der Waals surface area contributed by atoms with Crippen LogP contribution < -0.4 is 11.1 Å². The fraction of sp³-hybridized carbons (Fsp3) is 0.800. The molecule has 0 aromatic carbocycles. The van der Waals surface area contributed by atoms with Gasteiger partial charge in [0.25, 0.3) is 0 Å². The van der Waals surface area contributed by atoms with Crippen molar-refractivity contribution in [1.29, 1.82) is 0 Å². The maximum absolute atomic E-state index is 11.4. The molecule has 15 heavy (non-hydrogen) atoms. The minimum atomic E-state index is -0.406. The van der Waals surface area contributed by atoms with Gasteiger partial charge >= 0.3 is 5.97 Å². The van der Waals surface area contributed by atoms with Crippen LogP contribution in [0.4, 0.5) is 0 Å². The molecule has 3 N–H and O–H groups in total. The Morgan fingerprint density at radius 3 is 2.67 bits per heavy atom. The monoisotopic (exact) mass is 216 g/mol. The highest BCUT2D eigenvalue weighted by atomic mass is 16.5. The van der Waals surface area contributed by atoms with E-state index in [9.17, 15) is 9.59 Å². The van der Waals surface area contributed by atoms with Gasteiger partial charge in [0.1, 0.15) is 6.54 Å². The molecule has 0 aliphatic rings. The van der Waals surface area contributed by atoms with Gasteiger partial charge in [-0.2, -0.15) is 0 Å². The van der Waals surface area contributed by atoms with Gasteiger partial charge in [-0.05, 0) is 26.3 Å². The summed E-state index contributed by atoms with van der Waals surface area (Å²) in [6.45, 7) is 4.40. The van der Waals surface area contributed by atoms with Gasteiger partial charge in [0.15, 0.2) is 0 Å². The second-order valence-electron chi connectivity index (χ2n) is 3.35. The van der Waals surface area contributed by atoms with Gasteiger partial charge in [0.05, 0.1) is 6.61 Å². The first-order valence-corrected chi connectivity index (χ1v) is 5.25. The van der Waals surface area contributed by atoms with Crippen LogP contribution >= 0.6 is 0 Å². The average molecular weight is 216 g/mol. The fourth-order valence-electron chi connectivity index (χ4n) is 1.10. The maximum atomic E-state index is 11.4. The second kappa shape index (κ2) is 8.23. The summed E-state index contributed by atoms with van der Waals surface area (Å²) in [6.07, 6.45) is 1.55. The molecular weight excluding hydrogens is 196 g/mol. The van der Waals surface area contributed by atoms with E-state index in [0.29, 0.717) is 13.2 Å². The van der Waals surface area contributed by atoms with Crippen LogP contribution in [0.25, 0.3) is 0 Å². The number of esters is 1. The summed E-state index contributed by atoms with van der Waals surface area (Å²) in [5.41, 5.74) is 5.33. The summed E-state index contributed by atoms with van der Waals surface area (Å²) in [4.78, 5) is 22.3. The Morgan fingerprint density at radius 2 is 2.13 bits per heavy atom. The van der Waals surface area contributed by atoms with Gasteiger partial charge in [-0.3, -0.25) is 9.59 Å². The lowest BCUT2D eigenvalue weighted by Gasteiger charge is -2.10. The Labute approximate surface area is 90.4 Å². The van der Waals surface area contributed by atoms with Crippen molar-refractivity contribution in [3.8, 4) is 0 Å². The summed E-state index contributed by atoms with van der Waals surface area (Å²) in [7, 11) is 0. The van der Waals surface area contributed by atoms with Crippen LogP contribution in [0.5, 0.6) is 0 Å². The van der Waals surface area contributed by atoms with Crippen molar-refractivity contribution < 1.29 is 14.3 Å². The minimum Gasteiger partial charge on any atom is -0.465 e. The summed E-state index contributed by atoms with van der Waals surface area (Å²) in [5, 5.41) is 2.52. The van der Waals surface area contributed by atoms with Crippen molar-refractivity contribution >= 4 is 11.9 Å². The van der Waals surface area contributed by atoms with Crippen molar-refractivity contribution in [2.45, 2.75) is 26.7 Å². The number of carbonyl (C=O) groups excluding carboxylic acids is 2. The number of hydrogen-bond acceptors (Lipinski definition) is 4. The van der Waals surface area contributed by atoms with Crippen molar-refractivity contribution in [3.63, 3.8) is 0 Å². The molecule has 1 atom stereocenters. The molecule has 0 fully saturated rings. The predicted molar refractivity (Wildman–Crippen MR) is 57.1 cm³/mol. The van der Waals surface area contributed by atoms with Crippen molar-refractivity contribution in [3.05, 3.63) is 0 Å². The molecular formula is C10H20N2O3. The molecule has 1 amide bonds. The molecule has 0 bridgehead atoms. The van der Waals surface area contributed by atoms with Gasteiger partial charge in [0.2, 0.25) is 5.91 Å². The van der Waals surface area contributed by atoms with Crippen molar-refractivity contribution in [2.24, 2.45) is 11.7 Å². The topological polar surface area (TPSA) is 81.4 Å². The molecule has 0 radical (unpaired) electrons. The zero-order chi connectivity index (χ0) is 11.7. The van der Waals surface area contributed by atoms with Crippen LogP contribution in [0.1, 0.15) is 26.7 Å². The van der Waals surface area contributed by atoms with Crippen LogP contribution in [0.2, 0.25) is 0 Å². The van der Waals surface area contributed by atoms with E-state index in [1.165, 1.54) is 0 Å². The van der Waals surface area contributed by atoms with E-state index in [2.05, 4.69) is 10.1 Å². The van der Waals surface area contributed by atoms with E-state index in [1.807, 2.05) is 6.92 Å². The SMILES string of the molecule is CCOC(=O)CNC(=O)C(C)CCCN. The number of amides is 1. The van der Waals surface area contributed by atoms with Crippen molar-refractivity contribution in [1.82, 2.24) is 5.32 Å². The standard InChI is InChI=1S/C10H20N2O3/c1-3-15-9(13)7-12-10(14)8(2)5-4-6-11/h8H,3-7,11H2,1-2H3,(H,12,14). The van der Waals surface area contributed by atoms with Crippen LogP contribution in [0, 0.1) is 5.92 Å². The van der Waals surface area contributed by atoms with Gasteiger partial charge in [-0.25, -0.2) is 0 Å². The lowest BCUT2D eigenvalue weighted by atomic mass is 10.1. The number of hydrogen-bond donors (Lipinski definition) is 2. The number of rotatable bonds is 7. The summed E-state index contributed by atoms with van der Waals surface area (Å²) in [6, 6.07) is 0. The molecule has 5 heteroatoms. The molecule has 1 unspecified atom stereocenters. The maximum Gasteiger partial charge on any atom is 0.325 e. The molecule has 0 rings (SSSR count). The summed E-state index contributed by atoms with van der Waals surface area (Å²) in [5.74, 6) is -0.642. The molecule has 5 nitrogen and oxygen atoms in total. The van der Waals surface area contributed by atoms with E-state index in [0.717, 1.165) is 12.8 Å². The smallest absolute Gasteiger partial charge is 0.325 e. The quantitative estimate of drug-likeness (QED) is 0.589. The summed E-state index contributed by atoms with van der Waals surface area (Å²) < 4.78 is 4.68. The molecule has 0 aromatic heterocycles. The number of carbonyl (C=O) groups is 2. The largest absolute Gasteiger partial charge is 0.465 e. The molecule has 0 spiro atoms. The summed E-state index contributed by atoms with van der Waals surface area (Å²) >= 11 is 0. The van der Waals surface area contributed by atoms with Crippen LogP contribution in [-0.2, 0) is 14.3 Å². The molecule has 0 aliphatic carbocycles. The third-order valence-corrected chi connectivity index (χ3v) is 2.00. The van der Waals surface area contributed by atoms with E-state index in [4.69, 9.17) is 5.73 Å². The predicted octanol–water partition coefficient (Wildman–Crippen LogP) is 0.0407. The molecule has 0 heterocycles.